The molecule has 0 aliphatic carbocycles. The monoisotopic (exact) mass is 286 g/mol. The third-order valence-corrected chi connectivity index (χ3v) is 4.38. The van der Waals surface area contributed by atoms with Crippen molar-refractivity contribution in [3.63, 3.8) is 0 Å². The molecule has 0 spiro atoms. The molecule has 0 unspecified atom stereocenters. The number of benzene rings is 1. The van der Waals surface area contributed by atoms with Crippen molar-refractivity contribution in [2.45, 2.75) is 51.9 Å². The predicted molar refractivity (Wildman–Crippen MR) is 88.6 cm³/mol. The Morgan fingerprint density at radius 3 is 2.62 bits per heavy atom. The van der Waals surface area contributed by atoms with Crippen molar-refractivity contribution in [1.29, 1.82) is 0 Å². The Kier molecular flexibility index (Phi) is 6.94. The van der Waals surface area contributed by atoms with Crippen LogP contribution in [0.1, 0.15) is 61.4 Å². The molecule has 0 N–H and O–H groups in total. The van der Waals surface area contributed by atoms with Gasteiger partial charge in [-0.25, -0.2) is 0 Å². The number of unbranched alkanes of at least 4 members (excludes halogenated alkanes) is 2. The summed E-state index contributed by atoms with van der Waals surface area (Å²) >= 11 is 0. The van der Waals surface area contributed by atoms with Gasteiger partial charge in [-0.3, -0.25) is 4.79 Å². The van der Waals surface area contributed by atoms with Crippen LogP contribution in [0.2, 0.25) is 0 Å². The molecule has 2 rings (SSSR count). The minimum atomic E-state index is 0.319. The van der Waals surface area contributed by atoms with Crippen LogP contribution >= 0.6 is 0 Å². The predicted octanol–water partition coefficient (Wildman–Crippen LogP) is 4.29. The number of Topliss-reactive ketones (excluding diaryl/α,β-unsaturated/α-hetero) is 1. The Morgan fingerprint density at radius 1 is 1.10 bits per heavy atom. The number of aryl methyl sites for hydroxylation is 1. The molecule has 1 aromatic rings. The van der Waals surface area contributed by atoms with E-state index in [1.165, 1.54) is 50.9 Å². The molecule has 2 nitrogen and oxygen atoms in total. The van der Waals surface area contributed by atoms with Crippen molar-refractivity contribution in [3.05, 3.63) is 41.8 Å². The fourth-order valence-corrected chi connectivity index (χ4v) is 3.06. The first-order valence-electron chi connectivity index (χ1n) is 8.46. The van der Waals surface area contributed by atoms with Crippen molar-refractivity contribution in [3.8, 4) is 0 Å². The first kappa shape index (κ1) is 16.2. The molecule has 115 valence electrons. The number of carbonyl (C=O) groups excluding carboxylic acids is 1. The maximum Gasteiger partial charge on any atom is 0.163 e. The Labute approximate surface area is 129 Å². The highest BCUT2D eigenvalue weighted by Gasteiger charge is 2.11. The highest BCUT2D eigenvalue weighted by atomic mass is 16.1. The van der Waals surface area contributed by atoms with Crippen LogP contribution in [0.3, 0.4) is 0 Å². The van der Waals surface area contributed by atoms with Crippen molar-refractivity contribution in [2.24, 2.45) is 0 Å². The maximum absolute atomic E-state index is 12.3. The Hall–Kier alpha value is -1.15. The number of rotatable bonds is 8. The lowest BCUT2D eigenvalue weighted by atomic mass is 9.98. The summed E-state index contributed by atoms with van der Waals surface area (Å²) in [6, 6.07) is 8.04. The summed E-state index contributed by atoms with van der Waals surface area (Å²) in [7, 11) is 0. The van der Waals surface area contributed by atoms with E-state index in [4.69, 9.17) is 0 Å². The second-order valence-corrected chi connectivity index (χ2v) is 5.95. The van der Waals surface area contributed by atoms with Gasteiger partial charge in [0.1, 0.15) is 0 Å². The summed E-state index contributed by atoms with van der Waals surface area (Å²) in [5.41, 5.74) is 2.12. The van der Waals surface area contributed by atoms with Crippen LogP contribution in [0.15, 0.2) is 24.3 Å². The largest absolute Gasteiger partial charge is 0.303 e. The van der Waals surface area contributed by atoms with Crippen LogP contribution in [-0.4, -0.2) is 30.3 Å². The van der Waals surface area contributed by atoms with E-state index < -0.39 is 0 Å². The van der Waals surface area contributed by atoms with Crippen LogP contribution in [0.4, 0.5) is 0 Å². The molecule has 0 aromatic heterocycles. The van der Waals surface area contributed by atoms with Gasteiger partial charge in [-0.2, -0.15) is 0 Å². The lowest BCUT2D eigenvalue weighted by Gasteiger charge is -2.26. The molecule has 1 fully saturated rings. The number of hydrogen-bond donors (Lipinski definition) is 0. The lowest BCUT2D eigenvalue weighted by Crippen LogP contribution is -2.30. The van der Waals surface area contributed by atoms with E-state index in [9.17, 15) is 4.79 Å². The number of hydrogen-bond acceptors (Lipinski definition) is 2. The average Bonchev–Trinajstić information content (AvgIpc) is 2.55. The van der Waals surface area contributed by atoms with Crippen LogP contribution in [0, 0.1) is 6.42 Å². The minimum Gasteiger partial charge on any atom is -0.303 e. The molecule has 1 aliphatic heterocycles. The van der Waals surface area contributed by atoms with Crippen molar-refractivity contribution in [1.82, 2.24) is 4.90 Å². The zero-order valence-corrected chi connectivity index (χ0v) is 13.3. The highest BCUT2D eigenvalue weighted by molar-refractivity contribution is 5.97. The van der Waals surface area contributed by atoms with E-state index in [0.29, 0.717) is 12.2 Å². The van der Waals surface area contributed by atoms with Gasteiger partial charge in [0.15, 0.2) is 5.78 Å². The van der Waals surface area contributed by atoms with E-state index in [1.807, 2.05) is 18.2 Å². The van der Waals surface area contributed by atoms with Gasteiger partial charge < -0.3 is 4.90 Å². The van der Waals surface area contributed by atoms with Gasteiger partial charge >= 0.3 is 0 Å². The second-order valence-electron chi connectivity index (χ2n) is 5.95. The summed E-state index contributed by atoms with van der Waals surface area (Å²) in [4.78, 5) is 14.8. The molecule has 0 atom stereocenters. The fourth-order valence-electron chi connectivity index (χ4n) is 3.06. The van der Waals surface area contributed by atoms with Gasteiger partial charge in [-0.05, 0) is 63.7 Å². The third kappa shape index (κ3) is 5.28. The molecule has 1 heterocycles. The number of likely N-dealkylation sites (tertiary alicyclic amines) is 1. The van der Waals surface area contributed by atoms with Crippen molar-refractivity contribution in [2.75, 3.05) is 19.6 Å². The van der Waals surface area contributed by atoms with E-state index in [1.54, 1.807) is 0 Å². The standard InChI is InChI=1S/C19H28NO/c1-2-17-11-6-7-12-18(17)19(21)13-5-3-8-14-20-15-9-4-10-16-20/h4,6-7,11-12H,2-3,5,8-10,13-16H2,1H3. The molecule has 21 heavy (non-hydrogen) atoms. The van der Waals surface area contributed by atoms with Gasteiger partial charge in [-0.15, -0.1) is 0 Å². The zero-order chi connectivity index (χ0) is 14.9. The number of nitrogens with zero attached hydrogens (tertiary/aromatic N) is 1. The van der Waals surface area contributed by atoms with Crippen LogP contribution < -0.4 is 0 Å². The van der Waals surface area contributed by atoms with E-state index in [2.05, 4.69) is 24.3 Å². The maximum atomic E-state index is 12.3. The molecular formula is C19H28NO. The summed E-state index contributed by atoms with van der Waals surface area (Å²) in [6.07, 6.45) is 9.93. The van der Waals surface area contributed by atoms with Gasteiger partial charge in [-0.1, -0.05) is 37.6 Å². The van der Waals surface area contributed by atoms with Crippen LogP contribution in [0.5, 0.6) is 0 Å². The summed E-state index contributed by atoms with van der Waals surface area (Å²) in [5.74, 6) is 0.319. The number of ketones is 1. The Bertz CT molecular complexity index is 435. The molecule has 0 amide bonds. The first-order valence-corrected chi connectivity index (χ1v) is 8.46. The second kappa shape index (κ2) is 8.99. The van der Waals surface area contributed by atoms with Crippen molar-refractivity contribution >= 4 is 5.78 Å². The van der Waals surface area contributed by atoms with E-state index >= 15 is 0 Å². The van der Waals surface area contributed by atoms with Gasteiger partial charge in [0.25, 0.3) is 0 Å². The van der Waals surface area contributed by atoms with Gasteiger partial charge in [0.2, 0.25) is 0 Å². The SMILES string of the molecule is CCc1ccccc1C(=O)CCCCCN1CC[CH]CC1. The molecular weight excluding hydrogens is 258 g/mol. The third-order valence-electron chi connectivity index (χ3n) is 4.38. The molecule has 1 radical (unpaired) electrons. The molecule has 0 saturated carbocycles. The highest BCUT2D eigenvalue weighted by Crippen LogP contribution is 2.15. The topological polar surface area (TPSA) is 20.3 Å². The molecule has 2 heteroatoms. The van der Waals surface area contributed by atoms with Crippen LogP contribution in [0.25, 0.3) is 0 Å². The summed E-state index contributed by atoms with van der Waals surface area (Å²) in [6.45, 7) is 5.77. The number of carbonyl (C=O) groups is 1. The smallest absolute Gasteiger partial charge is 0.163 e. The normalized spacial score (nSPS) is 16.0. The number of piperidine rings is 1. The first-order chi connectivity index (χ1) is 10.3. The lowest BCUT2D eigenvalue weighted by molar-refractivity contribution is 0.0978. The van der Waals surface area contributed by atoms with Crippen LogP contribution in [-0.2, 0) is 6.42 Å². The van der Waals surface area contributed by atoms with Gasteiger partial charge in [0, 0.05) is 12.0 Å². The summed E-state index contributed by atoms with van der Waals surface area (Å²) in [5, 5.41) is 0. The van der Waals surface area contributed by atoms with Gasteiger partial charge in [0.05, 0.1) is 0 Å². The zero-order valence-electron chi connectivity index (χ0n) is 13.3. The minimum absolute atomic E-state index is 0.319. The Morgan fingerprint density at radius 2 is 1.86 bits per heavy atom. The molecule has 1 aliphatic rings. The van der Waals surface area contributed by atoms with E-state index in [-0.39, 0.29) is 0 Å². The molecule has 1 aromatic carbocycles. The van der Waals surface area contributed by atoms with Crippen molar-refractivity contribution < 1.29 is 4.79 Å². The Balaban J connectivity index is 1.65. The van der Waals surface area contributed by atoms with E-state index in [0.717, 1.165) is 18.4 Å². The molecule has 0 bridgehead atoms. The fraction of sp³-hybridized carbons (Fsp3) is 0.579. The average molecular weight is 286 g/mol. The summed E-state index contributed by atoms with van der Waals surface area (Å²) < 4.78 is 0. The molecule has 1 saturated heterocycles. The quantitative estimate of drug-likeness (QED) is 0.525.